The maximum absolute atomic E-state index is 14.3. The number of carbonyl (C=O) groups is 1. The van der Waals surface area contributed by atoms with Crippen LogP contribution >= 0.6 is 11.8 Å². The molecular weight excluding hydrogens is 410 g/mol. The first-order valence-corrected chi connectivity index (χ1v) is 10.6. The summed E-state index contributed by atoms with van der Waals surface area (Å²) in [4.78, 5) is 29.8. The zero-order valence-corrected chi connectivity index (χ0v) is 16.6. The fraction of sp³-hybridized carbons (Fsp3) is 0.250. The second kappa shape index (κ2) is 9.19. The van der Waals surface area contributed by atoms with Gasteiger partial charge in [-0.15, -0.1) is 0 Å². The number of aliphatic hydroxyl groups excluding tert-OH is 1. The van der Waals surface area contributed by atoms with Crippen molar-refractivity contribution < 1.29 is 19.1 Å². The second-order valence-corrected chi connectivity index (χ2v) is 8.49. The number of carbonyl (C=O) groups excluding carboxylic acids is 1. The molecular formula is C16H18AsFN2O4S. The second-order valence-electron chi connectivity index (χ2n) is 4.97. The average molecular weight is 428 g/mol. The van der Waals surface area contributed by atoms with Crippen LogP contribution in [0, 0.1) is 5.82 Å². The molecule has 1 aromatic heterocycles. The van der Waals surface area contributed by atoms with Crippen molar-refractivity contribution in [3.8, 4) is 0 Å². The summed E-state index contributed by atoms with van der Waals surface area (Å²) in [6, 6.07) is 7.66. The third-order valence-corrected chi connectivity index (χ3v) is 7.25. The van der Waals surface area contributed by atoms with Crippen LogP contribution in [0.2, 0.25) is 0 Å². The van der Waals surface area contributed by atoms with Crippen molar-refractivity contribution in [2.24, 2.45) is 7.05 Å². The summed E-state index contributed by atoms with van der Waals surface area (Å²) in [5, 5.41) is 8.69. The van der Waals surface area contributed by atoms with Crippen molar-refractivity contribution in [1.29, 1.82) is 0 Å². The molecule has 2 aromatic rings. The van der Waals surface area contributed by atoms with Crippen LogP contribution in [0.5, 0.6) is 0 Å². The molecule has 134 valence electrons. The fourth-order valence-electron chi connectivity index (χ4n) is 2.04. The normalized spacial score (nSPS) is 11.2. The minimum atomic E-state index is -1.27. The number of thioether (sulfide) groups is 1. The number of hydrogen-bond acceptors (Lipinski definition) is 5. The molecule has 0 saturated carbocycles. The molecule has 1 atom stereocenters. The number of hydrogen-bond donors (Lipinski definition) is 2. The summed E-state index contributed by atoms with van der Waals surface area (Å²) < 4.78 is 16.7. The predicted molar refractivity (Wildman–Crippen MR) is 96.8 cm³/mol. The van der Waals surface area contributed by atoms with Gasteiger partial charge in [0.2, 0.25) is 0 Å². The fourth-order valence-corrected chi connectivity index (χ4v) is 5.03. The Kier molecular flexibility index (Phi) is 7.25. The molecule has 2 N–H and O–H groups in total. The van der Waals surface area contributed by atoms with E-state index in [0.29, 0.717) is 8.83 Å². The minimum absolute atomic E-state index is 0.0477. The first-order chi connectivity index (χ1) is 12.0. The van der Waals surface area contributed by atoms with Crippen LogP contribution in [0.1, 0.15) is 10.4 Å². The number of nitrogens with zero attached hydrogens (tertiary/aromatic N) is 1. The predicted octanol–water partition coefficient (Wildman–Crippen LogP) is -0.713. The Balaban J connectivity index is 2.37. The standard InChI is InChI=1S/C16H18AsFN2O4S/c1-20-14(22)6-4-11(16(23)19-24-8-7-21)15(20)17-12-5-3-10(25-2)9-13(12)18/h3-6,9,17,21H,7-8H2,1-2H3,(H,19,23). The van der Waals surface area contributed by atoms with Crippen LogP contribution in [0.4, 0.5) is 4.39 Å². The van der Waals surface area contributed by atoms with Gasteiger partial charge in [-0.25, -0.2) is 0 Å². The van der Waals surface area contributed by atoms with Gasteiger partial charge < -0.3 is 0 Å². The third kappa shape index (κ3) is 4.95. The zero-order valence-electron chi connectivity index (χ0n) is 13.7. The quantitative estimate of drug-likeness (QED) is 0.264. The van der Waals surface area contributed by atoms with Gasteiger partial charge in [0, 0.05) is 0 Å². The van der Waals surface area contributed by atoms with Crippen LogP contribution < -0.4 is 19.9 Å². The molecule has 0 saturated heterocycles. The Morgan fingerprint density at radius 1 is 1.40 bits per heavy atom. The Hall–Kier alpha value is -1.60. The molecule has 6 nitrogen and oxygen atoms in total. The molecule has 0 aliphatic carbocycles. The first-order valence-electron chi connectivity index (χ1n) is 7.31. The van der Waals surface area contributed by atoms with E-state index in [1.165, 1.54) is 34.5 Å². The number of nitrogens with one attached hydrogen (secondary N) is 1. The van der Waals surface area contributed by atoms with Gasteiger partial charge in [0.15, 0.2) is 0 Å². The summed E-state index contributed by atoms with van der Waals surface area (Å²) in [5.41, 5.74) is 2.20. The van der Waals surface area contributed by atoms with E-state index in [9.17, 15) is 14.0 Å². The third-order valence-electron chi connectivity index (χ3n) is 3.35. The number of hydroxylamine groups is 1. The van der Waals surface area contributed by atoms with Gasteiger partial charge in [0.25, 0.3) is 0 Å². The molecule has 0 bridgehead atoms. The number of rotatable bonds is 7. The van der Waals surface area contributed by atoms with Crippen LogP contribution in [0.15, 0.2) is 40.0 Å². The molecule has 9 heteroatoms. The van der Waals surface area contributed by atoms with E-state index in [2.05, 4.69) is 5.48 Å². The molecule has 1 unspecified atom stereocenters. The van der Waals surface area contributed by atoms with Crippen molar-refractivity contribution in [3.05, 3.63) is 52.1 Å². The molecule has 0 fully saturated rings. The SMILES string of the molecule is CSc1ccc([AsH]c2c(C(=O)NOCCO)ccc(=O)n2C)c(F)c1. The van der Waals surface area contributed by atoms with Crippen LogP contribution in [-0.2, 0) is 11.9 Å². The zero-order chi connectivity index (χ0) is 18.4. The van der Waals surface area contributed by atoms with Crippen molar-refractivity contribution in [2.45, 2.75) is 4.90 Å². The van der Waals surface area contributed by atoms with Gasteiger partial charge in [0.1, 0.15) is 0 Å². The van der Waals surface area contributed by atoms with E-state index >= 15 is 0 Å². The number of amides is 1. The van der Waals surface area contributed by atoms with E-state index in [1.54, 1.807) is 13.1 Å². The molecule has 1 heterocycles. The molecule has 0 aliphatic rings. The van der Waals surface area contributed by atoms with Gasteiger partial charge in [-0.1, -0.05) is 0 Å². The molecule has 0 spiro atoms. The van der Waals surface area contributed by atoms with Gasteiger partial charge in [-0.2, -0.15) is 0 Å². The Labute approximate surface area is 155 Å². The molecule has 1 amide bonds. The summed E-state index contributed by atoms with van der Waals surface area (Å²) in [5.74, 6) is -0.880. The van der Waals surface area contributed by atoms with Gasteiger partial charge in [0.05, 0.1) is 0 Å². The maximum atomic E-state index is 14.3. The van der Waals surface area contributed by atoms with Crippen molar-refractivity contribution in [1.82, 2.24) is 10.0 Å². The van der Waals surface area contributed by atoms with E-state index in [-0.39, 0.29) is 30.2 Å². The Bertz CT molecular complexity index is 828. The summed E-state index contributed by atoms with van der Waals surface area (Å²) in [6.45, 7) is -0.283. The van der Waals surface area contributed by atoms with Crippen molar-refractivity contribution in [3.63, 3.8) is 0 Å². The number of pyridine rings is 1. The van der Waals surface area contributed by atoms with Gasteiger partial charge in [-0.3, -0.25) is 0 Å². The summed E-state index contributed by atoms with van der Waals surface area (Å²) in [7, 11) is 1.56. The van der Waals surface area contributed by atoms with Crippen molar-refractivity contribution >= 4 is 42.3 Å². The van der Waals surface area contributed by atoms with Gasteiger partial charge >= 0.3 is 155 Å². The van der Waals surface area contributed by atoms with Crippen LogP contribution in [0.25, 0.3) is 0 Å². The topological polar surface area (TPSA) is 80.6 Å². The van der Waals surface area contributed by atoms with E-state index in [0.717, 1.165) is 4.90 Å². The van der Waals surface area contributed by atoms with Crippen LogP contribution in [-0.4, -0.2) is 50.8 Å². The average Bonchev–Trinajstić information content (AvgIpc) is 2.60. The molecule has 0 radical (unpaired) electrons. The van der Waals surface area contributed by atoms with Crippen molar-refractivity contribution in [2.75, 3.05) is 19.5 Å². The van der Waals surface area contributed by atoms with E-state index in [1.807, 2.05) is 12.3 Å². The van der Waals surface area contributed by atoms with E-state index < -0.39 is 21.7 Å². The number of benzene rings is 1. The Morgan fingerprint density at radius 2 is 2.16 bits per heavy atom. The molecule has 25 heavy (non-hydrogen) atoms. The number of aromatic nitrogens is 1. The molecule has 0 aliphatic heterocycles. The molecule has 1 aromatic carbocycles. The summed E-state index contributed by atoms with van der Waals surface area (Å²) >= 11 is 0.166. The van der Waals surface area contributed by atoms with E-state index in [4.69, 9.17) is 9.94 Å². The monoisotopic (exact) mass is 428 g/mol. The number of halogens is 1. The number of aliphatic hydroxyl groups is 1. The first kappa shape index (κ1) is 19.7. The van der Waals surface area contributed by atoms with Gasteiger partial charge in [-0.05, 0) is 0 Å². The molecule has 2 rings (SSSR count). The van der Waals surface area contributed by atoms with Crippen LogP contribution in [0.3, 0.4) is 0 Å². The summed E-state index contributed by atoms with van der Waals surface area (Å²) in [6.07, 6.45) is 1.86. The Morgan fingerprint density at radius 3 is 2.80 bits per heavy atom.